The van der Waals surface area contributed by atoms with Crippen LogP contribution in [0.5, 0.6) is 0 Å². The van der Waals surface area contributed by atoms with Crippen LogP contribution >= 0.6 is 0 Å². The Morgan fingerprint density at radius 1 is 1.24 bits per heavy atom. The minimum absolute atomic E-state index is 0.136. The molecule has 1 atom stereocenters. The molecule has 2 heterocycles. The number of anilines is 1. The third-order valence-corrected chi connectivity index (χ3v) is 5.97. The quantitative estimate of drug-likeness (QED) is 0.843. The van der Waals surface area contributed by atoms with Gasteiger partial charge in [0.05, 0.1) is 11.3 Å². The van der Waals surface area contributed by atoms with E-state index in [1.165, 1.54) is 19.0 Å². The number of nitrogen functional groups attached to an aromatic ring is 1. The molecule has 1 saturated carbocycles. The van der Waals surface area contributed by atoms with Crippen molar-refractivity contribution in [2.45, 2.75) is 38.1 Å². The summed E-state index contributed by atoms with van der Waals surface area (Å²) < 4.78 is 0. The summed E-state index contributed by atoms with van der Waals surface area (Å²) in [5.74, 6) is 0.364. The Kier molecular flexibility index (Phi) is 5.47. The van der Waals surface area contributed by atoms with Crippen molar-refractivity contribution in [1.82, 2.24) is 19.8 Å². The number of nitrogens with zero attached hydrogens (tertiary/aromatic N) is 4. The van der Waals surface area contributed by atoms with Crippen molar-refractivity contribution in [2.75, 3.05) is 25.9 Å². The molecule has 29 heavy (non-hydrogen) atoms. The molecule has 2 fully saturated rings. The monoisotopic (exact) mass is 393 g/mol. The van der Waals surface area contributed by atoms with Gasteiger partial charge in [-0.3, -0.25) is 9.59 Å². The van der Waals surface area contributed by atoms with Crippen molar-refractivity contribution < 1.29 is 9.59 Å². The first kappa shape index (κ1) is 19.4. The molecule has 7 nitrogen and oxygen atoms in total. The van der Waals surface area contributed by atoms with E-state index in [0.717, 1.165) is 24.9 Å². The van der Waals surface area contributed by atoms with E-state index in [4.69, 9.17) is 5.73 Å². The molecule has 0 spiro atoms. The van der Waals surface area contributed by atoms with E-state index in [-0.39, 0.29) is 23.7 Å². The van der Waals surface area contributed by atoms with Crippen LogP contribution in [0.3, 0.4) is 0 Å². The van der Waals surface area contributed by atoms with Crippen molar-refractivity contribution in [3.05, 3.63) is 42.1 Å². The molecule has 1 aliphatic carbocycles. The zero-order valence-corrected chi connectivity index (χ0v) is 16.8. The van der Waals surface area contributed by atoms with Gasteiger partial charge in [-0.15, -0.1) is 0 Å². The fourth-order valence-corrected chi connectivity index (χ4v) is 4.54. The summed E-state index contributed by atoms with van der Waals surface area (Å²) in [6.45, 7) is 1.28. The minimum Gasteiger partial charge on any atom is -0.368 e. The number of hydrogen-bond donors (Lipinski definition) is 1. The van der Waals surface area contributed by atoms with E-state index in [1.54, 1.807) is 11.9 Å². The average Bonchev–Trinajstić information content (AvgIpc) is 3.37. The van der Waals surface area contributed by atoms with Gasteiger partial charge in [0.25, 0.3) is 5.91 Å². The third kappa shape index (κ3) is 4.09. The number of aromatic nitrogens is 2. The number of hydrogen-bond acceptors (Lipinski definition) is 5. The highest BCUT2D eigenvalue weighted by atomic mass is 16.2. The molecular weight excluding hydrogens is 366 g/mol. The predicted molar refractivity (Wildman–Crippen MR) is 111 cm³/mol. The molecule has 2 aromatic rings. The zero-order chi connectivity index (χ0) is 20.4. The molecule has 0 radical (unpaired) electrons. The fraction of sp³-hybridized carbons (Fsp3) is 0.455. The summed E-state index contributed by atoms with van der Waals surface area (Å²) in [6.07, 6.45) is 6.63. The summed E-state index contributed by atoms with van der Waals surface area (Å²) in [7, 11) is 1.77. The molecule has 1 unspecified atom stereocenters. The van der Waals surface area contributed by atoms with E-state index in [1.807, 2.05) is 35.2 Å². The topological polar surface area (TPSA) is 92.4 Å². The van der Waals surface area contributed by atoms with E-state index < -0.39 is 0 Å². The summed E-state index contributed by atoms with van der Waals surface area (Å²) in [5, 5.41) is 0. The third-order valence-electron chi connectivity index (χ3n) is 5.97. The van der Waals surface area contributed by atoms with Crippen LogP contribution in [0.15, 0.2) is 36.5 Å². The lowest BCUT2D eigenvalue weighted by Gasteiger charge is -2.25. The number of carbonyl (C=O) groups is 2. The maximum Gasteiger partial charge on any atom is 0.257 e. The van der Waals surface area contributed by atoms with Crippen LogP contribution in [-0.2, 0) is 4.79 Å². The van der Waals surface area contributed by atoms with Crippen LogP contribution < -0.4 is 5.73 Å². The Hall–Kier alpha value is -2.96. The first-order chi connectivity index (χ1) is 14.0. The first-order valence-electron chi connectivity index (χ1n) is 10.3. The Morgan fingerprint density at radius 3 is 2.69 bits per heavy atom. The van der Waals surface area contributed by atoms with Crippen molar-refractivity contribution in [1.29, 1.82) is 0 Å². The van der Waals surface area contributed by atoms with E-state index in [0.29, 0.717) is 30.3 Å². The molecule has 2 amide bonds. The van der Waals surface area contributed by atoms with Crippen molar-refractivity contribution in [2.24, 2.45) is 5.92 Å². The lowest BCUT2D eigenvalue weighted by Crippen LogP contribution is -2.36. The number of benzene rings is 1. The highest BCUT2D eigenvalue weighted by molar-refractivity contribution is 5.99. The first-order valence-corrected chi connectivity index (χ1v) is 10.3. The van der Waals surface area contributed by atoms with Crippen LogP contribution in [0.4, 0.5) is 5.95 Å². The largest absolute Gasteiger partial charge is 0.368 e. The molecule has 1 aliphatic heterocycles. The second-order valence-electron chi connectivity index (χ2n) is 8.10. The highest BCUT2D eigenvalue weighted by Crippen LogP contribution is 2.30. The van der Waals surface area contributed by atoms with Crippen LogP contribution in [0, 0.1) is 5.92 Å². The SMILES string of the molecule is CN(CC1CC(=O)N(C2CCCC2)C1)C(=O)c1cnc(N)nc1-c1ccccc1. The van der Waals surface area contributed by atoms with Crippen LogP contribution in [0.25, 0.3) is 11.3 Å². The molecule has 7 heteroatoms. The normalized spacial score (nSPS) is 19.7. The minimum atomic E-state index is -0.157. The summed E-state index contributed by atoms with van der Waals surface area (Å²) in [5.41, 5.74) is 7.55. The van der Waals surface area contributed by atoms with Gasteiger partial charge in [-0.05, 0) is 12.8 Å². The maximum absolute atomic E-state index is 13.2. The molecule has 2 N–H and O–H groups in total. The Labute approximate surface area is 170 Å². The van der Waals surface area contributed by atoms with Gasteiger partial charge in [0.15, 0.2) is 0 Å². The summed E-state index contributed by atoms with van der Waals surface area (Å²) >= 11 is 0. The number of likely N-dealkylation sites (tertiary alicyclic amines) is 1. The van der Waals surface area contributed by atoms with Gasteiger partial charge in [0.2, 0.25) is 11.9 Å². The highest BCUT2D eigenvalue weighted by Gasteiger charge is 2.36. The molecule has 0 bridgehead atoms. The lowest BCUT2D eigenvalue weighted by atomic mass is 10.0. The second kappa shape index (κ2) is 8.19. The van der Waals surface area contributed by atoms with Crippen LogP contribution in [0.1, 0.15) is 42.5 Å². The molecule has 1 aromatic heterocycles. The number of rotatable bonds is 5. The smallest absolute Gasteiger partial charge is 0.257 e. The summed E-state index contributed by atoms with van der Waals surface area (Å²) in [6, 6.07) is 9.89. The zero-order valence-electron chi connectivity index (χ0n) is 16.8. The Balaban J connectivity index is 1.48. The van der Waals surface area contributed by atoms with Crippen LogP contribution in [0.2, 0.25) is 0 Å². The van der Waals surface area contributed by atoms with Crippen molar-refractivity contribution in [3.8, 4) is 11.3 Å². The van der Waals surface area contributed by atoms with Crippen molar-refractivity contribution >= 4 is 17.8 Å². The van der Waals surface area contributed by atoms with E-state index in [2.05, 4.69) is 9.97 Å². The molecular formula is C22H27N5O2. The van der Waals surface area contributed by atoms with Gasteiger partial charge < -0.3 is 15.5 Å². The van der Waals surface area contributed by atoms with Gasteiger partial charge in [0, 0.05) is 50.3 Å². The Bertz CT molecular complexity index is 895. The molecule has 1 saturated heterocycles. The van der Waals surface area contributed by atoms with Gasteiger partial charge >= 0.3 is 0 Å². The number of amides is 2. The van der Waals surface area contributed by atoms with Gasteiger partial charge in [-0.2, -0.15) is 0 Å². The summed E-state index contributed by atoms with van der Waals surface area (Å²) in [4.78, 5) is 37.7. The lowest BCUT2D eigenvalue weighted by molar-refractivity contribution is -0.129. The molecule has 1 aromatic carbocycles. The van der Waals surface area contributed by atoms with Gasteiger partial charge in [0.1, 0.15) is 0 Å². The molecule has 4 rings (SSSR count). The number of carbonyl (C=O) groups excluding carboxylic acids is 2. The fourth-order valence-electron chi connectivity index (χ4n) is 4.54. The number of nitrogens with two attached hydrogens (primary N) is 1. The van der Waals surface area contributed by atoms with Crippen LogP contribution in [-0.4, -0.2) is 57.8 Å². The Morgan fingerprint density at radius 2 is 1.97 bits per heavy atom. The van der Waals surface area contributed by atoms with Gasteiger partial charge in [-0.25, -0.2) is 9.97 Å². The second-order valence-corrected chi connectivity index (χ2v) is 8.10. The molecule has 2 aliphatic rings. The predicted octanol–water partition coefficient (Wildman–Crippen LogP) is 2.59. The van der Waals surface area contributed by atoms with Crippen molar-refractivity contribution in [3.63, 3.8) is 0 Å². The van der Waals surface area contributed by atoms with E-state index in [9.17, 15) is 9.59 Å². The van der Waals surface area contributed by atoms with E-state index >= 15 is 0 Å². The maximum atomic E-state index is 13.2. The standard InChI is InChI=1S/C22H27N5O2/c1-26(13-15-11-19(28)27(14-15)17-9-5-6-10-17)21(29)18-12-24-22(23)25-20(18)16-7-3-2-4-8-16/h2-4,7-8,12,15,17H,5-6,9-11,13-14H2,1H3,(H2,23,24,25). The van der Waals surface area contributed by atoms with Gasteiger partial charge in [-0.1, -0.05) is 43.2 Å². The molecule has 152 valence electrons. The average molecular weight is 393 g/mol.